The minimum atomic E-state index is -1.01. The molecule has 0 radical (unpaired) electrons. The fraction of sp³-hybridized carbons (Fsp3) is 0.214. The van der Waals surface area contributed by atoms with Crippen molar-refractivity contribution in [1.82, 2.24) is 10.5 Å². The average molecular weight is 287 g/mol. The van der Waals surface area contributed by atoms with Crippen LogP contribution in [0.1, 0.15) is 21.7 Å². The largest absolute Gasteiger partial charge is 0.478 e. The molecule has 0 atom stereocenters. The molecule has 108 valence electrons. The molecule has 2 heterocycles. The zero-order chi connectivity index (χ0) is 14.8. The molecule has 21 heavy (non-hydrogen) atoms. The number of nitrogens with zero attached hydrogens (tertiary/aromatic N) is 2. The first-order valence-electron chi connectivity index (χ1n) is 6.46. The van der Waals surface area contributed by atoms with Gasteiger partial charge in [-0.15, -0.1) is 0 Å². The summed E-state index contributed by atoms with van der Waals surface area (Å²) >= 11 is 0. The third-order valence-corrected chi connectivity index (χ3v) is 3.38. The van der Waals surface area contributed by atoms with Gasteiger partial charge in [0.05, 0.1) is 18.3 Å². The fourth-order valence-electron chi connectivity index (χ4n) is 2.31. The lowest BCUT2D eigenvalue weighted by molar-refractivity contribution is 0.0697. The summed E-state index contributed by atoms with van der Waals surface area (Å²) in [6.45, 7) is 0.768. The monoisotopic (exact) mass is 287 g/mol. The van der Waals surface area contributed by atoms with Crippen LogP contribution in [0, 0.1) is 0 Å². The van der Waals surface area contributed by atoms with Crippen LogP contribution in [0.5, 0.6) is 0 Å². The number of benzene rings is 1. The SMILES string of the molecule is O=C(O)c1ccc2c(c1)N(C(=O)NCc1ccno1)CC2. The summed E-state index contributed by atoms with van der Waals surface area (Å²) in [4.78, 5) is 24.7. The van der Waals surface area contributed by atoms with Gasteiger partial charge >= 0.3 is 12.0 Å². The van der Waals surface area contributed by atoms with Crippen molar-refractivity contribution in [2.45, 2.75) is 13.0 Å². The Kier molecular flexibility index (Phi) is 3.31. The number of carbonyl (C=O) groups is 2. The lowest BCUT2D eigenvalue weighted by Gasteiger charge is -2.18. The van der Waals surface area contributed by atoms with Crippen molar-refractivity contribution in [3.8, 4) is 0 Å². The molecule has 0 fully saturated rings. The molecule has 1 aliphatic heterocycles. The van der Waals surface area contributed by atoms with Crippen molar-refractivity contribution < 1.29 is 19.2 Å². The molecule has 3 rings (SSSR count). The van der Waals surface area contributed by atoms with Crippen molar-refractivity contribution in [2.75, 3.05) is 11.4 Å². The third-order valence-electron chi connectivity index (χ3n) is 3.38. The summed E-state index contributed by atoms with van der Waals surface area (Å²) in [5, 5.41) is 15.3. The molecule has 0 saturated carbocycles. The maximum atomic E-state index is 12.2. The second-order valence-electron chi connectivity index (χ2n) is 4.69. The van der Waals surface area contributed by atoms with E-state index in [0.717, 1.165) is 5.56 Å². The Balaban J connectivity index is 1.75. The topological polar surface area (TPSA) is 95.7 Å². The second-order valence-corrected chi connectivity index (χ2v) is 4.69. The molecule has 1 aliphatic rings. The quantitative estimate of drug-likeness (QED) is 0.894. The number of aromatic nitrogens is 1. The van der Waals surface area contributed by atoms with Gasteiger partial charge in [-0.2, -0.15) is 0 Å². The van der Waals surface area contributed by atoms with Gasteiger partial charge in [0.15, 0.2) is 5.76 Å². The predicted molar refractivity (Wildman–Crippen MR) is 73.2 cm³/mol. The van der Waals surface area contributed by atoms with Gasteiger partial charge in [-0.25, -0.2) is 9.59 Å². The normalized spacial score (nSPS) is 13.0. The molecule has 0 bridgehead atoms. The number of aromatic carboxylic acids is 1. The van der Waals surface area contributed by atoms with E-state index in [4.69, 9.17) is 9.63 Å². The number of hydrogen-bond acceptors (Lipinski definition) is 4. The molecule has 0 spiro atoms. The predicted octanol–water partition coefficient (Wildman–Crippen LogP) is 1.65. The van der Waals surface area contributed by atoms with E-state index in [1.165, 1.54) is 17.2 Å². The highest BCUT2D eigenvalue weighted by atomic mass is 16.5. The Hall–Kier alpha value is -2.83. The van der Waals surface area contributed by atoms with Crippen LogP contribution in [0.15, 0.2) is 35.0 Å². The Morgan fingerprint density at radius 3 is 2.95 bits per heavy atom. The molecule has 0 unspecified atom stereocenters. The molecule has 2 N–H and O–H groups in total. The first-order valence-corrected chi connectivity index (χ1v) is 6.46. The van der Waals surface area contributed by atoms with Gasteiger partial charge in [0.2, 0.25) is 0 Å². The summed E-state index contributed by atoms with van der Waals surface area (Å²) in [6, 6.07) is 6.21. The minimum absolute atomic E-state index is 0.170. The summed E-state index contributed by atoms with van der Waals surface area (Å²) in [5.41, 5.74) is 1.78. The Bertz CT molecular complexity index is 682. The van der Waals surface area contributed by atoms with Gasteiger partial charge in [-0.3, -0.25) is 4.90 Å². The summed E-state index contributed by atoms with van der Waals surface area (Å²) in [5.74, 6) is -0.450. The Labute approximate surface area is 120 Å². The first-order chi connectivity index (χ1) is 10.1. The van der Waals surface area contributed by atoms with E-state index in [1.54, 1.807) is 18.2 Å². The van der Waals surface area contributed by atoms with Gasteiger partial charge in [0, 0.05) is 18.3 Å². The molecular formula is C14H13N3O4. The van der Waals surface area contributed by atoms with Crippen LogP contribution in [0.2, 0.25) is 0 Å². The van der Waals surface area contributed by atoms with E-state index < -0.39 is 5.97 Å². The van der Waals surface area contributed by atoms with Crippen LogP contribution < -0.4 is 10.2 Å². The van der Waals surface area contributed by atoms with E-state index >= 15 is 0 Å². The van der Waals surface area contributed by atoms with E-state index in [-0.39, 0.29) is 18.1 Å². The number of nitrogens with one attached hydrogen (secondary N) is 1. The number of carbonyl (C=O) groups excluding carboxylic acids is 1. The highest BCUT2D eigenvalue weighted by Gasteiger charge is 2.25. The van der Waals surface area contributed by atoms with Crippen LogP contribution in [-0.2, 0) is 13.0 Å². The molecule has 7 nitrogen and oxygen atoms in total. The van der Waals surface area contributed by atoms with Gasteiger partial charge in [0.1, 0.15) is 0 Å². The van der Waals surface area contributed by atoms with Crippen LogP contribution in [0.4, 0.5) is 10.5 Å². The van der Waals surface area contributed by atoms with E-state index in [1.807, 2.05) is 0 Å². The van der Waals surface area contributed by atoms with E-state index in [2.05, 4.69) is 10.5 Å². The van der Waals surface area contributed by atoms with Crippen LogP contribution >= 0.6 is 0 Å². The zero-order valence-corrected chi connectivity index (χ0v) is 11.1. The minimum Gasteiger partial charge on any atom is -0.478 e. The molecule has 2 aromatic rings. The van der Waals surface area contributed by atoms with Gasteiger partial charge in [-0.1, -0.05) is 11.2 Å². The van der Waals surface area contributed by atoms with Gasteiger partial charge in [-0.05, 0) is 24.1 Å². The number of carboxylic acid groups (broad SMARTS) is 1. The van der Waals surface area contributed by atoms with Crippen LogP contribution in [0.25, 0.3) is 0 Å². The average Bonchev–Trinajstić information content (AvgIpc) is 3.13. The summed E-state index contributed by atoms with van der Waals surface area (Å²) < 4.78 is 4.91. The third kappa shape index (κ3) is 2.58. The Morgan fingerprint density at radius 2 is 2.24 bits per heavy atom. The maximum Gasteiger partial charge on any atom is 0.335 e. The molecule has 2 amide bonds. The van der Waals surface area contributed by atoms with Gasteiger partial charge in [0.25, 0.3) is 0 Å². The number of amides is 2. The van der Waals surface area contributed by atoms with Gasteiger partial charge < -0.3 is 14.9 Å². The molecule has 1 aromatic carbocycles. The second kappa shape index (κ2) is 5.28. The van der Waals surface area contributed by atoms with E-state index in [9.17, 15) is 9.59 Å². The standard InChI is InChI=1S/C14H13N3O4/c18-13(19)10-2-1-9-4-6-17(12(9)7-10)14(20)15-8-11-3-5-16-21-11/h1-3,5,7H,4,6,8H2,(H,15,20)(H,18,19). The lowest BCUT2D eigenvalue weighted by atomic mass is 10.1. The maximum absolute atomic E-state index is 12.2. The molecular weight excluding hydrogens is 274 g/mol. The lowest BCUT2D eigenvalue weighted by Crippen LogP contribution is -2.38. The number of urea groups is 1. The van der Waals surface area contributed by atoms with Crippen molar-refractivity contribution >= 4 is 17.7 Å². The summed E-state index contributed by atoms with van der Waals surface area (Å²) in [6.07, 6.45) is 2.22. The Morgan fingerprint density at radius 1 is 1.38 bits per heavy atom. The smallest absolute Gasteiger partial charge is 0.335 e. The molecule has 1 aromatic heterocycles. The van der Waals surface area contributed by atoms with Crippen molar-refractivity contribution in [2.24, 2.45) is 0 Å². The number of hydrogen-bond donors (Lipinski definition) is 2. The number of carboxylic acids is 1. The van der Waals surface area contributed by atoms with Crippen molar-refractivity contribution in [3.63, 3.8) is 0 Å². The fourth-order valence-corrected chi connectivity index (χ4v) is 2.31. The first kappa shape index (κ1) is 13.2. The highest BCUT2D eigenvalue weighted by molar-refractivity contribution is 5.96. The van der Waals surface area contributed by atoms with Crippen molar-refractivity contribution in [1.29, 1.82) is 0 Å². The number of anilines is 1. The van der Waals surface area contributed by atoms with Crippen LogP contribution in [0.3, 0.4) is 0 Å². The molecule has 0 saturated heterocycles. The number of fused-ring (bicyclic) bond motifs is 1. The molecule has 7 heteroatoms. The molecule has 0 aliphatic carbocycles. The zero-order valence-electron chi connectivity index (χ0n) is 11.1. The highest BCUT2D eigenvalue weighted by Crippen LogP contribution is 2.29. The van der Waals surface area contributed by atoms with E-state index in [0.29, 0.717) is 24.4 Å². The summed E-state index contributed by atoms with van der Waals surface area (Å²) in [7, 11) is 0. The van der Waals surface area contributed by atoms with Crippen molar-refractivity contribution in [3.05, 3.63) is 47.3 Å². The number of rotatable bonds is 3. The van der Waals surface area contributed by atoms with Crippen LogP contribution in [-0.4, -0.2) is 28.8 Å².